The SMILES string of the molecule is Cc1cc(NCC2(c3ccccc3)CCNCC2)n2nc(C(F)(F)F)nc2n1. The molecule has 0 aliphatic carbocycles. The van der Waals surface area contributed by atoms with E-state index in [9.17, 15) is 13.2 Å². The number of piperidine rings is 1. The Balaban J connectivity index is 1.68. The van der Waals surface area contributed by atoms with Crippen LogP contribution in [-0.4, -0.2) is 39.2 Å². The average Bonchev–Trinajstić information content (AvgIpc) is 3.12. The van der Waals surface area contributed by atoms with Crippen molar-refractivity contribution in [2.75, 3.05) is 25.0 Å². The minimum Gasteiger partial charge on any atom is -0.369 e. The molecule has 0 atom stereocenters. The van der Waals surface area contributed by atoms with Crippen molar-refractivity contribution in [1.82, 2.24) is 24.9 Å². The van der Waals surface area contributed by atoms with Gasteiger partial charge < -0.3 is 10.6 Å². The van der Waals surface area contributed by atoms with Crippen LogP contribution in [0, 0.1) is 6.92 Å². The molecule has 4 rings (SSSR count). The molecule has 1 fully saturated rings. The van der Waals surface area contributed by atoms with Gasteiger partial charge in [0.15, 0.2) is 0 Å². The highest BCUT2D eigenvalue weighted by atomic mass is 19.4. The predicted molar refractivity (Wildman–Crippen MR) is 99.2 cm³/mol. The largest absolute Gasteiger partial charge is 0.453 e. The number of anilines is 1. The van der Waals surface area contributed by atoms with E-state index in [1.165, 1.54) is 5.56 Å². The first-order valence-electron chi connectivity index (χ1n) is 9.19. The van der Waals surface area contributed by atoms with Crippen LogP contribution in [0.15, 0.2) is 36.4 Å². The summed E-state index contributed by atoms with van der Waals surface area (Å²) in [5.74, 6) is -0.790. The van der Waals surface area contributed by atoms with Crippen molar-refractivity contribution >= 4 is 11.6 Å². The van der Waals surface area contributed by atoms with Gasteiger partial charge in [-0.05, 0) is 38.4 Å². The standard InChI is InChI=1S/C19H21F3N6/c1-13-11-15(28-17(25-13)26-16(27-28)19(20,21)22)24-12-18(7-9-23-10-8-18)14-5-3-2-4-6-14/h2-6,11,23-24H,7-10,12H2,1H3. The molecular weight excluding hydrogens is 369 g/mol. The number of rotatable bonds is 4. The third kappa shape index (κ3) is 3.54. The second kappa shape index (κ2) is 7.05. The molecule has 3 heterocycles. The predicted octanol–water partition coefficient (Wildman–Crippen LogP) is 3.18. The van der Waals surface area contributed by atoms with Crippen LogP contribution >= 0.6 is 0 Å². The Bertz CT molecular complexity index is 961. The fourth-order valence-corrected chi connectivity index (χ4v) is 3.76. The van der Waals surface area contributed by atoms with Crippen LogP contribution in [0.1, 0.15) is 29.9 Å². The smallest absolute Gasteiger partial charge is 0.369 e. The maximum Gasteiger partial charge on any atom is 0.453 e. The van der Waals surface area contributed by atoms with E-state index in [2.05, 4.69) is 37.8 Å². The summed E-state index contributed by atoms with van der Waals surface area (Å²) in [5, 5.41) is 10.3. The van der Waals surface area contributed by atoms with E-state index in [-0.39, 0.29) is 11.2 Å². The van der Waals surface area contributed by atoms with Crippen LogP contribution in [0.4, 0.5) is 19.0 Å². The Kier molecular flexibility index (Phi) is 4.70. The number of halogens is 3. The van der Waals surface area contributed by atoms with Gasteiger partial charge in [-0.2, -0.15) is 22.7 Å². The molecule has 148 valence electrons. The molecule has 0 saturated carbocycles. The van der Waals surface area contributed by atoms with Crippen molar-refractivity contribution in [1.29, 1.82) is 0 Å². The monoisotopic (exact) mass is 390 g/mol. The first-order chi connectivity index (χ1) is 13.4. The average molecular weight is 390 g/mol. The molecule has 2 N–H and O–H groups in total. The Morgan fingerprint density at radius 2 is 1.86 bits per heavy atom. The molecular formula is C19H21F3N6. The van der Waals surface area contributed by atoms with Crippen LogP contribution in [0.5, 0.6) is 0 Å². The highest BCUT2D eigenvalue weighted by Crippen LogP contribution is 2.34. The molecule has 0 bridgehead atoms. The summed E-state index contributed by atoms with van der Waals surface area (Å²) in [7, 11) is 0. The van der Waals surface area contributed by atoms with Crippen LogP contribution < -0.4 is 10.6 Å². The third-order valence-electron chi connectivity index (χ3n) is 5.25. The zero-order chi connectivity index (χ0) is 19.8. The van der Waals surface area contributed by atoms with Gasteiger partial charge in [-0.15, -0.1) is 5.10 Å². The van der Waals surface area contributed by atoms with Crippen molar-refractivity contribution in [3.05, 3.63) is 53.5 Å². The summed E-state index contributed by atoms with van der Waals surface area (Å²) in [6.45, 7) is 4.09. The van der Waals surface area contributed by atoms with E-state index in [0.29, 0.717) is 18.1 Å². The van der Waals surface area contributed by atoms with E-state index in [1.807, 2.05) is 18.2 Å². The van der Waals surface area contributed by atoms with Crippen LogP contribution in [-0.2, 0) is 11.6 Å². The Labute approximate surface area is 160 Å². The number of nitrogens with one attached hydrogen (secondary N) is 2. The number of fused-ring (bicyclic) bond motifs is 1. The van der Waals surface area contributed by atoms with E-state index in [1.54, 1.807) is 13.0 Å². The molecule has 1 aliphatic heterocycles. The minimum absolute atomic E-state index is 0.0612. The summed E-state index contributed by atoms with van der Waals surface area (Å²) in [5.41, 5.74) is 1.69. The molecule has 0 unspecified atom stereocenters. The lowest BCUT2D eigenvalue weighted by molar-refractivity contribution is -0.144. The Morgan fingerprint density at radius 3 is 2.54 bits per heavy atom. The summed E-state index contributed by atoms with van der Waals surface area (Å²) in [6.07, 6.45) is -2.75. The number of aryl methyl sites for hydroxylation is 1. The quantitative estimate of drug-likeness (QED) is 0.716. The molecule has 0 spiro atoms. The van der Waals surface area contributed by atoms with Gasteiger partial charge in [0.05, 0.1) is 0 Å². The van der Waals surface area contributed by atoms with Gasteiger partial charge in [0, 0.05) is 23.7 Å². The molecule has 3 aromatic rings. The summed E-state index contributed by atoms with van der Waals surface area (Å²) in [4.78, 5) is 7.62. The van der Waals surface area contributed by atoms with Crippen LogP contribution in [0.2, 0.25) is 0 Å². The van der Waals surface area contributed by atoms with E-state index in [0.717, 1.165) is 30.4 Å². The highest BCUT2D eigenvalue weighted by Gasteiger charge is 2.37. The van der Waals surface area contributed by atoms with Crippen molar-refractivity contribution < 1.29 is 13.2 Å². The maximum absolute atomic E-state index is 13.0. The maximum atomic E-state index is 13.0. The zero-order valence-corrected chi connectivity index (χ0v) is 15.4. The highest BCUT2D eigenvalue weighted by molar-refractivity contribution is 5.46. The van der Waals surface area contributed by atoms with E-state index in [4.69, 9.17) is 0 Å². The summed E-state index contributed by atoms with van der Waals surface area (Å²) < 4.78 is 40.2. The molecule has 6 nitrogen and oxygen atoms in total. The van der Waals surface area contributed by atoms with Crippen molar-refractivity contribution in [2.24, 2.45) is 0 Å². The molecule has 0 radical (unpaired) electrons. The van der Waals surface area contributed by atoms with Gasteiger partial charge in [0.2, 0.25) is 0 Å². The fraction of sp³-hybridized carbons (Fsp3) is 0.421. The minimum atomic E-state index is -4.61. The zero-order valence-electron chi connectivity index (χ0n) is 15.4. The molecule has 2 aromatic heterocycles. The molecule has 0 amide bonds. The number of benzene rings is 1. The second-order valence-electron chi connectivity index (χ2n) is 7.18. The molecule has 9 heteroatoms. The lowest BCUT2D eigenvalue weighted by Gasteiger charge is -2.38. The van der Waals surface area contributed by atoms with Crippen LogP contribution in [0.3, 0.4) is 0 Å². The first kappa shape index (κ1) is 18.7. The lowest BCUT2D eigenvalue weighted by atomic mass is 9.73. The number of alkyl halides is 3. The van der Waals surface area contributed by atoms with E-state index < -0.39 is 12.0 Å². The lowest BCUT2D eigenvalue weighted by Crippen LogP contribution is -2.44. The first-order valence-corrected chi connectivity index (χ1v) is 9.19. The summed E-state index contributed by atoms with van der Waals surface area (Å²) in [6, 6.07) is 11.9. The van der Waals surface area contributed by atoms with Gasteiger partial charge in [-0.1, -0.05) is 30.3 Å². The van der Waals surface area contributed by atoms with Crippen molar-refractivity contribution in [3.63, 3.8) is 0 Å². The number of hydrogen-bond acceptors (Lipinski definition) is 5. The van der Waals surface area contributed by atoms with Gasteiger partial charge >= 0.3 is 6.18 Å². The number of hydrogen-bond donors (Lipinski definition) is 2. The normalized spacial score (nSPS) is 17.0. The van der Waals surface area contributed by atoms with Gasteiger partial charge in [-0.3, -0.25) is 0 Å². The fourth-order valence-electron chi connectivity index (χ4n) is 3.76. The van der Waals surface area contributed by atoms with Gasteiger partial charge in [0.25, 0.3) is 11.6 Å². The molecule has 1 saturated heterocycles. The van der Waals surface area contributed by atoms with Crippen molar-refractivity contribution in [3.8, 4) is 0 Å². The van der Waals surface area contributed by atoms with Crippen LogP contribution in [0.25, 0.3) is 5.78 Å². The van der Waals surface area contributed by atoms with E-state index >= 15 is 0 Å². The Hall–Kier alpha value is -2.68. The molecule has 1 aromatic carbocycles. The van der Waals surface area contributed by atoms with Gasteiger partial charge in [0.1, 0.15) is 5.82 Å². The second-order valence-corrected chi connectivity index (χ2v) is 7.18. The van der Waals surface area contributed by atoms with Gasteiger partial charge in [-0.25, -0.2) is 4.98 Å². The number of nitrogens with zero attached hydrogens (tertiary/aromatic N) is 4. The Morgan fingerprint density at radius 1 is 1.14 bits per heavy atom. The molecule has 1 aliphatic rings. The summed E-state index contributed by atoms with van der Waals surface area (Å²) >= 11 is 0. The van der Waals surface area contributed by atoms with Crippen molar-refractivity contribution in [2.45, 2.75) is 31.4 Å². The molecule has 28 heavy (non-hydrogen) atoms. The topological polar surface area (TPSA) is 67.1 Å². The number of aromatic nitrogens is 4. The third-order valence-corrected chi connectivity index (χ3v) is 5.25.